The zero-order valence-corrected chi connectivity index (χ0v) is 10.7. The van der Waals surface area contributed by atoms with Crippen molar-refractivity contribution in [2.45, 2.75) is 0 Å². The molecular formula is C14H17N3O. The highest BCUT2D eigenvalue weighted by atomic mass is 16.5. The molecule has 0 spiro atoms. The summed E-state index contributed by atoms with van der Waals surface area (Å²) < 4.78 is 5.58. The Bertz CT molecular complexity index is 468. The average molecular weight is 243 g/mol. The van der Waals surface area contributed by atoms with Gasteiger partial charge >= 0.3 is 0 Å². The fourth-order valence-corrected chi connectivity index (χ4v) is 1.48. The Kier molecular flexibility index (Phi) is 4.25. The lowest BCUT2D eigenvalue weighted by Gasteiger charge is -2.10. The molecule has 0 saturated heterocycles. The van der Waals surface area contributed by atoms with Gasteiger partial charge in [-0.3, -0.25) is 9.97 Å². The van der Waals surface area contributed by atoms with Crippen molar-refractivity contribution in [1.82, 2.24) is 14.9 Å². The lowest BCUT2D eigenvalue weighted by Crippen LogP contribution is -2.19. The summed E-state index contributed by atoms with van der Waals surface area (Å²) in [5, 5.41) is 0. The smallest absolute Gasteiger partial charge is 0.137 e. The lowest BCUT2D eigenvalue weighted by atomic mass is 10.2. The number of hydrogen-bond acceptors (Lipinski definition) is 4. The van der Waals surface area contributed by atoms with Crippen molar-refractivity contribution in [3.05, 3.63) is 42.7 Å². The molecule has 2 aromatic rings. The number of hydrogen-bond donors (Lipinski definition) is 0. The number of nitrogens with zero attached hydrogens (tertiary/aromatic N) is 3. The van der Waals surface area contributed by atoms with Crippen LogP contribution in [0.4, 0.5) is 0 Å². The normalized spacial score (nSPS) is 10.6. The summed E-state index contributed by atoms with van der Waals surface area (Å²) >= 11 is 0. The standard InChI is InChI=1S/C14H17N3O/c1-17(2)9-10-18-12-6-7-14(16-11-12)13-5-3-4-8-15-13/h3-8,11H,9-10H2,1-2H3. The number of likely N-dealkylation sites (N-methyl/N-ethyl adjacent to an activating group) is 1. The first kappa shape index (κ1) is 12.5. The molecular weight excluding hydrogens is 226 g/mol. The Morgan fingerprint density at radius 2 is 1.89 bits per heavy atom. The van der Waals surface area contributed by atoms with Crippen LogP contribution in [0.15, 0.2) is 42.7 Å². The molecule has 0 radical (unpaired) electrons. The molecule has 0 fully saturated rings. The highest BCUT2D eigenvalue weighted by molar-refractivity contribution is 5.53. The monoisotopic (exact) mass is 243 g/mol. The van der Waals surface area contributed by atoms with Crippen LogP contribution < -0.4 is 4.74 Å². The molecule has 0 aliphatic carbocycles. The molecule has 0 saturated carbocycles. The van der Waals surface area contributed by atoms with Gasteiger partial charge < -0.3 is 9.64 Å². The van der Waals surface area contributed by atoms with E-state index in [0.29, 0.717) is 6.61 Å². The molecule has 0 atom stereocenters. The fourth-order valence-electron chi connectivity index (χ4n) is 1.48. The third-order valence-electron chi connectivity index (χ3n) is 2.47. The topological polar surface area (TPSA) is 38.2 Å². The van der Waals surface area contributed by atoms with E-state index in [4.69, 9.17) is 4.74 Å². The van der Waals surface area contributed by atoms with Crippen LogP contribution in [0, 0.1) is 0 Å². The Morgan fingerprint density at radius 3 is 2.50 bits per heavy atom. The predicted molar refractivity (Wildman–Crippen MR) is 71.5 cm³/mol. The predicted octanol–water partition coefficient (Wildman–Crippen LogP) is 2.08. The van der Waals surface area contributed by atoms with Gasteiger partial charge in [-0.25, -0.2) is 0 Å². The molecule has 18 heavy (non-hydrogen) atoms. The van der Waals surface area contributed by atoms with E-state index >= 15 is 0 Å². The van der Waals surface area contributed by atoms with Gasteiger partial charge in [0.05, 0.1) is 17.6 Å². The van der Waals surface area contributed by atoms with Crippen molar-refractivity contribution in [2.24, 2.45) is 0 Å². The van der Waals surface area contributed by atoms with Crippen LogP contribution in [-0.2, 0) is 0 Å². The van der Waals surface area contributed by atoms with Crippen LogP contribution in [0.25, 0.3) is 11.4 Å². The molecule has 0 bridgehead atoms. The quantitative estimate of drug-likeness (QED) is 0.806. The number of aromatic nitrogens is 2. The highest BCUT2D eigenvalue weighted by Gasteiger charge is 2.00. The van der Waals surface area contributed by atoms with E-state index in [0.717, 1.165) is 23.7 Å². The second-order valence-corrected chi connectivity index (χ2v) is 4.25. The Morgan fingerprint density at radius 1 is 1.06 bits per heavy atom. The van der Waals surface area contributed by atoms with E-state index in [1.54, 1.807) is 12.4 Å². The highest BCUT2D eigenvalue weighted by Crippen LogP contribution is 2.16. The maximum atomic E-state index is 5.58. The molecule has 4 heteroatoms. The molecule has 0 unspecified atom stereocenters. The van der Waals surface area contributed by atoms with Crippen molar-refractivity contribution in [3.63, 3.8) is 0 Å². The second-order valence-electron chi connectivity index (χ2n) is 4.25. The second kappa shape index (κ2) is 6.12. The number of pyridine rings is 2. The van der Waals surface area contributed by atoms with Crippen molar-refractivity contribution < 1.29 is 4.74 Å². The van der Waals surface area contributed by atoms with Gasteiger partial charge in [0.1, 0.15) is 12.4 Å². The van der Waals surface area contributed by atoms with E-state index in [1.165, 1.54) is 0 Å². The summed E-state index contributed by atoms with van der Waals surface area (Å²) in [6, 6.07) is 9.63. The first-order valence-corrected chi connectivity index (χ1v) is 5.91. The SMILES string of the molecule is CN(C)CCOc1ccc(-c2ccccn2)nc1. The molecule has 2 heterocycles. The van der Waals surface area contributed by atoms with Crippen LogP contribution in [-0.4, -0.2) is 42.1 Å². The van der Waals surface area contributed by atoms with Gasteiger partial charge in [0.2, 0.25) is 0 Å². The average Bonchev–Trinajstić information content (AvgIpc) is 2.40. The van der Waals surface area contributed by atoms with Gasteiger partial charge in [-0.2, -0.15) is 0 Å². The van der Waals surface area contributed by atoms with E-state index in [9.17, 15) is 0 Å². The van der Waals surface area contributed by atoms with Gasteiger partial charge in [0, 0.05) is 12.7 Å². The van der Waals surface area contributed by atoms with Crippen LogP contribution in [0.1, 0.15) is 0 Å². The maximum absolute atomic E-state index is 5.58. The van der Waals surface area contributed by atoms with Gasteiger partial charge in [-0.1, -0.05) is 6.07 Å². The van der Waals surface area contributed by atoms with Crippen LogP contribution in [0.2, 0.25) is 0 Å². The van der Waals surface area contributed by atoms with Crippen molar-refractivity contribution >= 4 is 0 Å². The first-order chi connectivity index (χ1) is 8.75. The van der Waals surface area contributed by atoms with Gasteiger partial charge in [0.25, 0.3) is 0 Å². The minimum absolute atomic E-state index is 0.664. The summed E-state index contributed by atoms with van der Waals surface area (Å²) in [6.45, 7) is 1.56. The van der Waals surface area contributed by atoms with Gasteiger partial charge in [-0.05, 0) is 38.4 Å². The Balaban J connectivity index is 1.98. The van der Waals surface area contributed by atoms with Crippen molar-refractivity contribution in [1.29, 1.82) is 0 Å². The van der Waals surface area contributed by atoms with E-state index < -0.39 is 0 Å². The summed E-state index contributed by atoms with van der Waals surface area (Å²) in [6.07, 6.45) is 3.50. The number of rotatable bonds is 5. The van der Waals surface area contributed by atoms with Crippen molar-refractivity contribution in [3.8, 4) is 17.1 Å². The Hall–Kier alpha value is -1.94. The lowest BCUT2D eigenvalue weighted by molar-refractivity contribution is 0.260. The van der Waals surface area contributed by atoms with Crippen molar-refractivity contribution in [2.75, 3.05) is 27.2 Å². The number of ether oxygens (including phenoxy) is 1. The zero-order valence-electron chi connectivity index (χ0n) is 10.7. The van der Waals surface area contributed by atoms with Gasteiger partial charge in [0.15, 0.2) is 0 Å². The van der Waals surface area contributed by atoms with Crippen LogP contribution in [0.5, 0.6) is 5.75 Å². The minimum atomic E-state index is 0.664. The van der Waals surface area contributed by atoms with Gasteiger partial charge in [-0.15, -0.1) is 0 Å². The minimum Gasteiger partial charge on any atom is -0.491 e. The summed E-state index contributed by atoms with van der Waals surface area (Å²) in [4.78, 5) is 10.7. The maximum Gasteiger partial charge on any atom is 0.137 e. The van der Waals surface area contributed by atoms with Crippen LogP contribution in [0.3, 0.4) is 0 Å². The molecule has 94 valence electrons. The van der Waals surface area contributed by atoms with Crippen LogP contribution >= 0.6 is 0 Å². The summed E-state index contributed by atoms with van der Waals surface area (Å²) in [7, 11) is 4.04. The third kappa shape index (κ3) is 3.53. The molecule has 0 aromatic carbocycles. The van der Waals surface area contributed by atoms with E-state index in [2.05, 4.69) is 14.9 Å². The molecule has 0 aliphatic rings. The third-order valence-corrected chi connectivity index (χ3v) is 2.47. The van der Waals surface area contributed by atoms with E-state index in [1.807, 2.05) is 44.4 Å². The molecule has 0 N–H and O–H groups in total. The largest absolute Gasteiger partial charge is 0.491 e. The fraction of sp³-hybridized carbons (Fsp3) is 0.286. The zero-order chi connectivity index (χ0) is 12.8. The first-order valence-electron chi connectivity index (χ1n) is 5.91. The molecule has 4 nitrogen and oxygen atoms in total. The molecule has 2 aromatic heterocycles. The molecule has 0 aliphatic heterocycles. The Labute approximate surface area is 107 Å². The molecule has 0 amide bonds. The molecule has 2 rings (SSSR count). The van der Waals surface area contributed by atoms with E-state index in [-0.39, 0.29) is 0 Å². The summed E-state index contributed by atoms with van der Waals surface area (Å²) in [5.74, 6) is 0.788. The summed E-state index contributed by atoms with van der Waals surface area (Å²) in [5.41, 5.74) is 1.73.